The molecule has 1 aliphatic carbocycles. The molecule has 0 spiro atoms. The van der Waals surface area contributed by atoms with Gasteiger partial charge in [-0.2, -0.15) is 0 Å². The molecule has 0 amide bonds. The maximum Gasteiger partial charge on any atom is 0.0385 e. The van der Waals surface area contributed by atoms with Crippen LogP contribution in [0, 0.1) is 23.7 Å². The van der Waals surface area contributed by atoms with Gasteiger partial charge in [0.05, 0.1) is 0 Å². The summed E-state index contributed by atoms with van der Waals surface area (Å²) in [6.07, 6.45) is 17.6. The monoisotopic (exact) mass is 647 g/mol. The third kappa shape index (κ3) is 9.04. The van der Waals surface area contributed by atoms with Crippen molar-refractivity contribution in [3.05, 3.63) is 113 Å². The van der Waals surface area contributed by atoms with Crippen LogP contribution in [0.5, 0.6) is 0 Å². The van der Waals surface area contributed by atoms with Gasteiger partial charge in [0.25, 0.3) is 0 Å². The molecule has 4 rings (SSSR count). The summed E-state index contributed by atoms with van der Waals surface area (Å²) in [6.45, 7) is 19.1. The van der Waals surface area contributed by atoms with E-state index in [-0.39, 0.29) is 5.41 Å². The lowest BCUT2D eigenvalue weighted by atomic mass is 9.59. The molecule has 2 nitrogen and oxygen atoms in total. The van der Waals surface area contributed by atoms with Crippen LogP contribution < -0.4 is 10.6 Å². The van der Waals surface area contributed by atoms with Crippen LogP contribution in [-0.2, 0) is 5.41 Å². The minimum absolute atomic E-state index is 0.150. The molecule has 1 aliphatic rings. The van der Waals surface area contributed by atoms with E-state index in [2.05, 4.69) is 157 Å². The van der Waals surface area contributed by atoms with E-state index in [9.17, 15) is 0 Å². The Balaban J connectivity index is 1.61. The highest BCUT2D eigenvalue weighted by molar-refractivity contribution is 5.63. The molecule has 3 unspecified atom stereocenters. The Hall–Kier alpha value is -3.26. The van der Waals surface area contributed by atoms with Crippen molar-refractivity contribution in [1.29, 1.82) is 0 Å². The summed E-state index contributed by atoms with van der Waals surface area (Å²) in [7, 11) is 0. The van der Waals surface area contributed by atoms with E-state index >= 15 is 0 Å². The zero-order valence-corrected chi connectivity index (χ0v) is 31.6. The fraction of sp³-hybridized carbons (Fsp3) is 0.522. The molecule has 0 heterocycles. The predicted octanol–water partition coefficient (Wildman–Crippen LogP) is 14.2. The summed E-state index contributed by atoms with van der Waals surface area (Å²) < 4.78 is 0. The summed E-state index contributed by atoms with van der Waals surface area (Å²) in [6, 6.07) is 29.2. The largest absolute Gasteiger partial charge is 0.359 e. The van der Waals surface area contributed by atoms with Crippen LogP contribution in [0.2, 0.25) is 0 Å². The maximum atomic E-state index is 3.90. The van der Waals surface area contributed by atoms with Crippen molar-refractivity contribution in [2.75, 3.05) is 10.6 Å². The first kappa shape index (κ1) is 37.6. The van der Waals surface area contributed by atoms with E-state index in [1.54, 1.807) is 5.57 Å². The topological polar surface area (TPSA) is 24.1 Å². The molecule has 0 bridgehead atoms. The Morgan fingerprint density at radius 3 is 1.81 bits per heavy atom. The lowest BCUT2D eigenvalue weighted by molar-refractivity contribution is 0.222. The minimum atomic E-state index is 0.150. The quantitative estimate of drug-likeness (QED) is 0.134. The number of hydrogen-bond donors (Lipinski definition) is 2. The number of unbranched alkanes of at least 4 members (excludes halogenated alkanes) is 4. The summed E-state index contributed by atoms with van der Waals surface area (Å²) in [4.78, 5) is 0. The fourth-order valence-electron chi connectivity index (χ4n) is 8.49. The van der Waals surface area contributed by atoms with E-state index in [4.69, 9.17) is 0 Å². The number of nitrogens with one attached hydrogen (secondary N) is 2. The summed E-state index contributed by atoms with van der Waals surface area (Å²) in [5.74, 6) is 2.68. The van der Waals surface area contributed by atoms with Crippen LogP contribution in [0.25, 0.3) is 0 Å². The zero-order valence-electron chi connectivity index (χ0n) is 31.6. The molecule has 0 radical (unpaired) electrons. The lowest BCUT2D eigenvalue weighted by Gasteiger charge is -2.44. The molecule has 0 fully saturated rings. The summed E-state index contributed by atoms with van der Waals surface area (Å²) in [5, 5.41) is 7.50. The van der Waals surface area contributed by atoms with Crippen molar-refractivity contribution in [2.24, 2.45) is 23.7 Å². The van der Waals surface area contributed by atoms with Crippen molar-refractivity contribution in [2.45, 2.75) is 131 Å². The van der Waals surface area contributed by atoms with Crippen LogP contribution in [-0.4, -0.2) is 0 Å². The SMILES string of the molecule is CCCCCCCC(C1=CC=C(Nc2ccc(Nc3ccc(C(C)CC)cc3)cc2)C(CC)[C@@H](C)[C@@H]1C)C(CC)(CC)c1ccccc1. The first-order valence-corrected chi connectivity index (χ1v) is 19.5. The third-order valence-electron chi connectivity index (χ3n) is 12.1. The van der Waals surface area contributed by atoms with E-state index in [0.29, 0.717) is 29.6 Å². The van der Waals surface area contributed by atoms with Gasteiger partial charge in [0, 0.05) is 34.1 Å². The molecule has 2 heteroatoms. The number of hydrogen-bond acceptors (Lipinski definition) is 2. The molecule has 3 aromatic rings. The molecule has 5 atom stereocenters. The molecule has 0 aromatic heterocycles. The van der Waals surface area contributed by atoms with Crippen molar-refractivity contribution in [3.63, 3.8) is 0 Å². The first-order valence-electron chi connectivity index (χ1n) is 19.5. The average Bonchev–Trinajstić information content (AvgIpc) is 3.23. The van der Waals surface area contributed by atoms with Gasteiger partial charge in [-0.3, -0.25) is 0 Å². The third-order valence-corrected chi connectivity index (χ3v) is 12.1. The van der Waals surface area contributed by atoms with Crippen molar-refractivity contribution >= 4 is 17.1 Å². The minimum Gasteiger partial charge on any atom is -0.359 e. The van der Waals surface area contributed by atoms with Crippen molar-refractivity contribution < 1.29 is 0 Å². The lowest BCUT2D eigenvalue weighted by Crippen LogP contribution is -2.38. The Bertz CT molecular complexity index is 1410. The van der Waals surface area contributed by atoms with Crippen LogP contribution in [0.1, 0.15) is 137 Å². The number of allylic oxidation sites excluding steroid dienone is 4. The molecule has 0 aliphatic heterocycles. The average molecular weight is 647 g/mol. The van der Waals surface area contributed by atoms with E-state index in [0.717, 1.165) is 29.9 Å². The maximum absolute atomic E-state index is 3.90. The zero-order chi connectivity index (χ0) is 34.5. The molecular formula is C46H66N2. The van der Waals surface area contributed by atoms with Crippen LogP contribution in [0.15, 0.2) is 102 Å². The number of anilines is 3. The highest BCUT2D eigenvalue weighted by Gasteiger charge is 2.42. The Kier molecular flexibility index (Phi) is 14.5. The van der Waals surface area contributed by atoms with Gasteiger partial charge in [0.1, 0.15) is 0 Å². The molecule has 0 saturated carbocycles. The van der Waals surface area contributed by atoms with Crippen LogP contribution in [0.3, 0.4) is 0 Å². The molecule has 2 N–H and O–H groups in total. The molecule has 3 aromatic carbocycles. The first-order chi connectivity index (χ1) is 23.3. The fourth-order valence-corrected chi connectivity index (χ4v) is 8.49. The smallest absolute Gasteiger partial charge is 0.0385 e. The van der Waals surface area contributed by atoms with E-state index in [1.165, 1.54) is 68.2 Å². The molecular weight excluding hydrogens is 581 g/mol. The van der Waals surface area contributed by atoms with Crippen molar-refractivity contribution in [1.82, 2.24) is 0 Å². The van der Waals surface area contributed by atoms with Crippen LogP contribution in [0.4, 0.5) is 17.1 Å². The Labute approximate surface area is 294 Å². The Morgan fingerprint density at radius 2 is 1.25 bits per heavy atom. The molecule has 48 heavy (non-hydrogen) atoms. The Morgan fingerprint density at radius 1 is 0.667 bits per heavy atom. The second kappa shape index (κ2) is 18.5. The van der Waals surface area contributed by atoms with Gasteiger partial charge < -0.3 is 10.6 Å². The van der Waals surface area contributed by atoms with Gasteiger partial charge >= 0.3 is 0 Å². The predicted molar refractivity (Wildman–Crippen MR) is 212 cm³/mol. The molecule has 0 saturated heterocycles. The second-order valence-corrected chi connectivity index (χ2v) is 14.7. The van der Waals surface area contributed by atoms with E-state index < -0.39 is 0 Å². The van der Waals surface area contributed by atoms with Gasteiger partial charge in [0.15, 0.2) is 0 Å². The highest BCUT2D eigenvalue weighted by atomic mass is 14.9. The second-order valence-electron chi connectivity index (χ2n) is 14.7. The molecule has 260 valence electrons. The van der Waals surface area contributed by atoms with Gasteiger partial charge in [-0.1, -0.05) is 142 Å². The van der Waals surface area contributed by atoms with Gasteiger partial charge in [-0.15, -0.1) is 0 Å². The highest BCUT2D eigenvalue weighted by Crippen LogP contribution is 2.50. The summed E-state index contributed by atoms with van der Waals surface area (Å²) in [5.41, 5.74) is 9.49. The van der Waals surface area contributed by atoms with Gasteiger partial charge in [-0.25, -0.2) is 0 Å². The van der Waals surface area contributed by atoms with Crippen molar-refractivity contribution in [3.8, 4) is 0 Å². The number of benzene rings is 3. The van der Waals surface area contributed by atoms with Gasteiger partial charge in [-0.05, 0) is 109 Å². The standard InChI is InChI=1S/C46H66N2/c1-9-14-15-16-20-23-44(46(12-4,13-5)38-21-18-17-19-22-38)43-32-33-45(42(11-3)35(7)36(43)8)48-41-30-28-40(29-31-41)47-39-26-24-37(25-27-39)34(6)10-2/h17-19,21-22,24-36,42,44,47-48H,9-16,20,23H2,1-8H3/t34?,35-,36-,42?,44?/m0/s1. The van der Waals surface area contributed by atoms with Crippen LogP contribution >= 0.6 is 0 Å². The van der Waals surface area contributed by atoms with Gasteiger partial charge in [0.2, 0.25) is 0 Å². The summed E-state index contributed by atoms with van der Waals surface area (Å²) >= 11 is 0. The number of rotatable bonds is 18. The van der Waals surface area contributed by atoms with E-state index in [1.807, 2.05) is 0 Å². The normalized spacial score (nSPS) is 19.5.